The van der Waals surface area contributed by atoms with E-state index in [-0.39, 0.29) is 31.3 Å². The third kappa shape index (κ3) is 4.56. The summed E-state index contributed by atoms with van der Waals surface area (Å²) in [5, 5.41) is 2.61. The van der Waals surface area contributed by atoms with Crippen molar-refractivity contribution in [3.05, 3.63) is 58.8 Å². The maximum absolute atomic E-state index is 12.9. The molecule has 6 nitrogen and oxygen atoms in total. The molecule has 1 N–H and O–H groups in total. The van der Waals surface area contributed by atoms with Gasteiger partial charge in [0.25, 0.3) is 0 Å². The molecule has 1 heterocycles. The lowest BCUT2D eigenvalue weighted by molar-refractivity contribution is -0.137. The van der Waals surface area contributed by atoms with Crippen molar-refractivity contribution in [2.75, 3.05) is 30.4 Å². The fourth-order valence-corrected chi connectivity index (χ4v) is 3.61. The van der Waals surface area contributed by atoms with E-state index in [0.717, 1.165) is 10.2 Å². The third-order valence-electron chi connectivity index (χ3n) is 4.50. The van der Waals surface area contributed by atoms with Gasteiger partial charge in [-0.3, -0.25) is 14.4 Å². The number of anilines is 2. The van der Waals surface area contributed by atoms with Crippen LogP contribution in [0, 0.1) is 11.7 Å². The second-order valence-corrected chi connectivity index (χ2v) is 7.46. The molecule has 3 rings (SSSR count). The number of hydrogen-bond acceptors (Lipinski definition) is 3. The Kier molecular flexibility index (Phi) is 6.08. The van der Waals surface area contributed by atoms with Gasteiger partial charge in [0.1, 0.15) is 5.82 Å². The zero-order valence-corrected chi connectivity index (χ0v) is 16.8. The maximum atomic E-state index is 12.9. The number of para-hydroxylation sites is 1. The van der Waals surface area contributed by atoms with E-state index in [1.807, 2.05) is 24.3 Å². The predicted molar refractivity (Wildman–Crippen MR) is 107 cm³/mol. The summed E-state index contributed by atoms with van der Waals surface area (Å²) in [6.45, 7) is 0.111. The second-order valence-electron chi connectivity index (χ2n) is 6.61. The Balaban J connectivity index is 1.59. The molecule has 0 aliphatic carbocycles. The van der Waals surface area contributed by atoms with Crippen LogP contribution < -0.4 is 10.2 Å². The average molecular weight is 448 g/mol. The van der Waals surface area contributed by atoms with Crippen molar-refractivity contribution in [2.24, 2.45) is 5.92 Å². The van der Waals surface area contributed by atoms with Crippen molar-refractivity contribution in [3.8, 4) is 0 Å². The van der Waals surface area contributed by atoms with Crippen LogP contribution in [0.15, 0.2) is 53.0 Å². The number of halogens is 2. The summed E-state index contributed by atoms with van der Waals surface area (Å²) >= 11 is 3.42. The topological polar surface area (TPSA) is 69.7 Å². The quantitative estimate of drug-likeness (QED) is 0.765. The molecule has 1 aliphatic rings. The summed E-state index contributed by atoms with van der Waals surface area (Å²) in [6, 6.07) is 12.7. The number of hydrogen-bond donors (Lipinski definition) is 1. The van der Waals surface area contributed by atoms with Crippen LogP contribution in [0.3, 0.4) is 0 Å². The van der Waals surface area contributed by atoms with Gasteiger partial charge in [0.15, 0.2) is 0 Å². The van der Waals surface area contributed by atoms with Gasteiger partial charge in [0.05, 0.1) is 18.2 Å². The van der Waals surface area contributed by atoms with Crippen LogP contribution in [0.1, 0.15) is 6.42 Å². The lowest BCUT2D eigenvalue weighted by atomic mass is 10.1. The first-order valence-corrected chi connectivity index (χ1v) is 9.49. The Labute approximate surface area is 170 Å². The van der Waals surface area contributed by atoms with Gasteiger partial charge in [0.2, 0.25) is 17.7 Å². The van der Waals surface area contributed by atoms with E-state index in [4.69, 9.17) is 0 Å². The van der Waals surface area contributed by atoms with Crippen molar-refractivity contribution >= 4 is 45.0 Å². The van der Waals surface area contributed by atoms with Crippen molar-refractivity contribution in [3.63, 3.8) is 0 Å². The molecule has 0 saturated carbocycles. The molecule has 0 radical (unpaired) electrons. The SMILES string of the molecule is CN(CC(=O)Nc1ccc(F)cc1)C(=O)[C@@H]1CC(=O)N(c2ccccc2Br)C1. The number of amides is 3. The van der Waals surface area contributed by atoms with Crippen LogP contribution in [-0.2, 0) is 14.4 Å². The highest BCUT2D eigenvalue weighted by molar-refractivity contribution is 9.10. The number of rotatable bonds is 5. The minimum absolute atomic E-state index is 0.101. The normalized spacial score (nSPS) is 16.2. The first kappa shape index (κ1) is 20.0. The fourth-order valence-electron chi connectivity index (χ4n) is 3.12. The van der Waals surface area contributed by atoms with Crippen LogP contribution in [0.2, 0.25) is 0 Å². The molecule has 0 spiro atoms. The minimum Gasteiger partial charge on any atom is -0.336 e. The van der Waals surface area contributed by atoms with E-state index in [1.165, 1.54) is 36.2 Å². The highest BCUT2D eigenvalue weighted by Gasteiger charge is 2.37. The number of nitrogens with zero attached hydrogens (tertiary/aromatic N) is 2. The average Bonchev–Trinajstić information content (AvgIpc) is 3.04. The number of carbonyl (C=O) groups excluding carboxylic acids is 3. The molecule has 28 heavy (non-hydrogen) atoms. The molecular weight excluding hydrogens is 429 g/mol. The van der Waals surface area contributed by atoms with E-state index in [2.05, 4.69) is 21.2 Å². The lowest BCUT2D eigenvalue weighted by Crippen LogP contribution is -2.39. The molecule has 0 unspecified atom stereocenters. The van der Waals surface area contributed by atoms with Gasteiger partial charge in [-0.05, 0) is 52.3 Å². The van der Waals surface area contributed by atoms with Crippen molar-refractivity contribution in [2.45, 2.75) is 6.42 Å². The zero-order chi connectivity index (χ0) is 20.3. The predicted octanol–water partition coefficient (Wildman–Crippen LogP) is 3.04. The second kappa shape index (κ2) is 8.52. The van der Waals surface area contributed by atoms with Gasteiger partial charge < -0.3 is 15.1 Å². The van der Waals surface area contributed by atoms with Crippen molar-refractivity contribution in [1.29, 1.82) is 0 Å². The Bertz CT molecular complexity index is 904. The van der Waals surface area contributed by atoms with E-state index in [9.17, 15) is 18.8 Å². The lowest BCUT2D eigenvalue weighted by Gasteiger charge is -2.21. The molecule has 0 bridgehead atoms. The standard InChI is InChI=1S/C20H19BrFN3O3/c1-24(12-18(26)23-15-8-6-14(22)7-9-15)20(28)13-10-19(27)25(11-13)17-5-3-2-4-16(17)21/h2-9,13H,10-12H2,1H3,(H,23,26)/t13-/m1/s1. The molecule has 3 amide bonds. The van der Waals surface area contributed by atoms with Crippen molar-refractivity contribution in [1.82, 2.24) is 4.90 Å². The van der Waals surface area contributed by atoms with Crippen LogP contribution >= 0.6 is 15.9 Å². The smallest absolute Gasteiger partial charge is 0.243 e. The van der Waals surface area contributed by atoms with Gasteiger partial charge in [-0.15, -0.1) is 0 Å². The fraction of sp³-hybridized carbons (Fsp3) is 0.250. The first-order chi connectivity index (χ1) is 13.3. The molecule has 8 heteroatoms. The van der Waals surface area contributed by atoms with E-state index in [0.29, 0.717) is 5.69 Å². The molecule has 1 aliphatic heterocycles. The summed E-state index contributed by atoms with van der Waals surface area (Å²) < 4.78 is 13.7. The van der Waals surface area contributed by atoms with Crippen LogP contribution in [-0.4, -0.2) is 42.8 Å². The molecule has 2 aromatic rings. The summed E-state index contributed by atoms with van der Waals surface area (Å²) in [4.78, 5) is 40.1. The third-order valence-corrected chi connectivity index (χ3v) is 5.17. The minimum atomic E-state index is -0.511. The van der Waals surface area contributed by atoms with Crippen LogP contribution in [0.4, 0.5) is 15.8 Å². The Morgan fingerprint density at radius 1 is 1.21 bits per heavy atom. The van der Waals surface area contributed by atoms with Crippen molar-refractivity contribution < 1.29 is 18.8 Å². The van der Waals surface area contributed by atoms with Gasteiger partial charge in [-0.1, -0.05) is 12.1 Å². The Morgan fingerprint density at radius 3 is 2.57 bits per heavy atom. The highest BCUT2D eigenvalue weighted by atomic mass is 79.9. The monoisotopic (exact) mass is 447 g/mol. The number of benzene rings is 2. The Hall–Kier alpha value is -2.74. The zero-order valence-electron chi connectivity index (χ0n) is 15.2. The van der Waals surface area contributed by atoms with E-state index in [1.54, 1.807) is 4.90 Å². The maximum Gasteiger partial charge on any atom is 0.243 e. The number of nitrogens with one attached hydrogen (secondary N) is 1. The molecule has 1 atom stereocenters. The van der Waals surface area contributed by atoms with Crippen LogP contribution in [0.5, 0.6) is 0 Å². The highest BCUT2D eigenvalue weighted by Crippen LogP contribution is 2.31. The summed E-state index contributed by atoms with van der Waals surface area (Å²) in [6.07, 6.45) is 0.101. The van der Waals surface area contributed by atoms with Gasteiger partial charge in [0, 0.05) is 30.2 Å². The molecule has 0 aromatic heterocycles. The van der Waals surface area contributed by atoms with Gasteiger partial charge in [-0.25, -0.2) is 4.39 Å². The number of carbonyl (C=O) groups is 3. The first-order valence-electron chi connectivity index (χ1n) is 8.70. The Morgan fingerprint density at radius 2 is 1.89 bits per heavy atom. The largest absolute Gasteiger partial charge is 0.336 e. The molecular formula is C20H19BrFN3O3. The molecule has 146 valence electrons. The molecule has 1 saturated heterocycles. The van der Waals surface area contributed by atoms with Crippen LogP contribution in [0.25, 0.3) is 0 Å². The van der Waals surface area contributed by atoms with Gasteiger partial charge in [-0.2, -0.15) is 0 Å². The summed E-state index contributed by atoms with van der Waals surface area (Å²) in [7, 11) is 1.53. The van der Waals surface area contributed by atoms with E-state index >= 15 is 0 Å². The summed E-state index contributed by atoms with van der Waals surface area (Å²) in [5.41, 5.74) is 1.17. The van der Waals surface area contributed by atoms with Gasteiger partial charge >= 0.3 is 0 Å². The molecule has 1 fully saturated rings. The summed E-state index contributed by atoms with van der Waals surface area (Å²) in [5.74, 6) is -1.70. The number of likely N-dealkylation sites (N-methyl/N-ethyl adjacent to an activating group) is 1. The molecule has 2 aromatic carbocycles. The van der Waals surface area contributed by atoms with E-state index < -0.39 is 17.6 Å².